The summed E-state index contributed by atoms with van der Waals surface area (Å²) >= 11 is 0. The Labute approximate surface area is 140 Å². The Balaban J connectivity index is 1.74. The number of hydrogen-bond donors (Lipinski definition) is 0. The van der Waals surface area contributed by atoms with Crippen molar-refractivity contribution in [3.8, 4) is 0 Å². The topological polar surface area (TPSA) is 74.8 Å². The summed E-state index contributed by atoms with van der Waals surface area (Å²) in [5.74, 6) is -3.09. The first-order valence-corrected chi connectivity index (χ1v) is 8.91. The highest BCUT2D eigenvalue weighted by Crippen LogP contribution is 2.57. The van der Waals surface area contributed by atoms with Crippen LogP contribution in [0.2, 0.25) is 0 Å². The van der Waals surface area contributed by atoms with Crippen LogP contribution in [0.4, 0.5) is 0 Å². The van der Waals surface area contributed by atoms with Gasteiger partial charge in [-0.05, 0) is 12.8 Å². The minimum absolute atomic E-state index is 0.154. The van der Waals surface area contributed by atoms with E-state index < -0.39 is 23.7 Å². The van der Waals surface area contributed by atoms with Crippen LogP contribution < -0.4 is 0 Å². The number of carbonyl (C=O) groups is 4. The number of nitrogens with zero attached hydrogens (tertiary/aromatic N) is 2. The van der Waals surface area contributed by atoms with Crippen LogP contribution in [0.5, 0.6) is 0 Å². The molecule has 0 radical (unpaired) electrons. The summed E-state index contributed by atoms with van der Waals surface area (Å²) in [5.41, 5.74) is 0. The van der Waals surface area contributed by atoms with Crippen LogP contribution in [0, 0.1) is 35.5 Å². The maximum atomic E-state index is 12.8. The minimum Gasteiger partial charge on any atom is -0.282 e. The minimum atomic E-state index is -0.460. The molecule has 4 atom stereocenters. The zero-order valence-electron chi connectivity index (χ0n) is 14.0. The molecule has 4 unspecified atom stereocenters. The number of rotatable bonds is 4. The molecular weight excluding hydrogens is 308 g/mol. The monoisotopic (exact) mass is 330 g/mol. The van der Waals surface area contributed by atoms with Gasteiger partial charge in [0, 0.05) is 24.9 Å². The van der Waals surface area contributed by atoms with E-state index in [2.05, 4.69) is 0 Å². The van der Waals surface area contributed by atoms with Gasteiger partial charge < -0.3 is 0 Å². The van der Waals surface area contributed by atoms with E-state index in [1.807, 2.05) is 26.0 Å². The lowest BCUT2D eigenvalue weighted by Gasteiger charge is -2.44. The Morgan fingerprint density at radius 3 is 1.21 bits per heavy atom. The Bertz CT molecular complexity index is 570. The van der Waals surface area contributed by atoms with Gasteiger partial charge >= 0.3 is 0 Å². The van der Waals surface area contributed by atoms with E-state index in [4.69, 9.17) is 0 Å². The standard InChI is InChI=1S/C18H22N2O4/c1-3-7-19-15(21)11-9-5-6-10(12(11)16(19)22)14-13(9)17(23)20(8-4-2)18(14)24/h5-6,9-14H,3-4,7-8H2,1-2H3. The quantitative estimate of drug-likeness (QED) is 0.565. The third-order valence-corrected chi connectivity index (χ3v) is 6.09. The molecule has 1 saturated carbocycles. The maximum absolute atomic E-state index is 12.8. The van der Waals surface area contributed by atoms with Crippen molar-refractivity contribution in [1.29, 1.82) is 0 Å². The van der Waals surface area contributed by atoms with Crippen molar-refractivity contribution >= 4 is 23.6 Å². The highest BCUT2D eigenvalue weighted by atomic mass is 16.2. The normalized spacial score (nSPS) is 39.9. The van der Waals surface area contributed by atoms with E-state index in [1.165, 1.54) is 9.80 Å². The van der Waals surface area contributed by atoms with Gasteiger partial charge in [0.05, 0.1) is 23.7 Å². The second-order valence-corrected chi connectivity index (χ2v) is 7.30. The molecule has 0 N–H and O–H groups in total. The number of imide groups is 2. The molecule has 24 heavy (non-hydrogen) atoms. The zero-order valence-corrected chi connectivity index (χ0v) is 14.0. The molecule has 5 rings (SSSR count). The lowest BCUT2D eigenvalue weighted by Crippen LogP contribution is -2.50. The number of amides is 4. The molecule has 3 fully saturated rings. The smallest absolute Gasteiger partial charge is 0.233 e. The molecule has 4 amide bonds. The number of allylic oxidation sites excluding steroid dienone is 2. The molecule has 128 valence electrons. The Morgan fingerprint density at radius 1 is 0.667 bits per heavy atom. The van der Waals surface area contributed by atoms with Crippen LogP contribution in [-0.4, -0.2) is 46.5 Å². The van der Waals surface area contributed by atoms with Crippen molar-refractivity contribution < 1.29 is 19.2 Å². The van der Waals surface area contributed by atoms with Gasteiger partial charge in [-0.2, -0.15) is 0 Å². The zero-order chi connectivity index (χ0) is 17.2. The van der Waals surface area contributed by atoms with Gasteiger partial charge in [-0.15, -0.1) is 0 Å². The largest absolute Gasteiger partial charge is 0.282 e. The van der Waals surface area contributed by atoms with Gasteiger partial charge in [-0.25, -0.2) is 0 Å². The summed E-state index contributed by atoms with van der Waals surface area (Å²) in [6.45, 7) is 4.70. The third-order valence-electron chi connectivity index (χ3n) is 6.09. The van der Waals surface area contributed by atoms with Gasteiger partial charge in [-0.1, -0.05) is 26.0 Å². The Kier molecular flexibility index (Phi) is 3.41. The fraction of sp³-hybridized carbons (Fsp3) is 0.667. The molecule has 0 aromatic rings. The van der Waals surface area contributed by atoms with Gasteiger partial charge in [-0.3, -0.25) is 29.0 Å². The fourth-order valence-corrected chi connectivity index (χ4v) is 5.24. The van der Waals surface area contributed by atoms with Crippen LogP contribution in [-0.2, 0) is 19.2 Å². The van der Waals surface area contributed by atoms with Gasteiger partial charge in [0.25, 0.3) is 0 Å². The van der Waals surface area contributed by atoms with Crippen molar-refractivity contribution in [1.82, 2.24) is 9.80 Å². The molecule has 0 aromatic heterocycles. The Morgan fingerprint density at radius 2 is 0.958 bits per heavy atom. The lowest BCUT2D eigenvalue weighted by atomic mass is 9.54. The predicted molar refractivity (Wildman–Crippen MR) is 84.1 cm³/mol. The molecule has 2 aliphatic heterocycles. The summed E-state index contributed by atoms with van der Waals surface area (Å²) in [6, 6.07) is 0. The van der Waals surface area contributed by atoms with E-state index in [0.717, 1.165) is 0 Å². The molecule has 6 nitrogen and oxygen atoms in total. The number of carbonyl (C=O) groups excluding carboxylic acids is 4. The first-order valence-electron chi connectivity index (χ1n) is 8.91. The van der Waals surface area contributed by atoms with Crippen molar-refractivity contribution in [2.45, 2.75) is 26.7 Å². The highest BCUT2D eigenvalue weighted by molar-refractivity contribution is 6.10. The molecule has 2 bridgehead atoms. The second kappa shape index (κ2) is 5.26. The SMILES string of the molecule is CCCN1C(=O)C2C3C=CC(C2C1=O)C1C(=O)N(CCC)C(=O)C31. The van der Waals surface area contributed by atoms with Gasteiger partial charge in [0.2, 0.25) is 23.6 Å². The number of hydrogen-bond acceptors (Lipinski definition) is 4. The van der Waals surface area contributed by atoms with E-state index >= 15 is 0 Å². The van der Waals surface area contributed by atoms with Crippen LogP contribution >= 0.6 is 0 Å². The Hall–Kier alpha value is -1.98. The molecular formula is C18H22N2O4. The van der Waals surface area contributed by atoms with E-state index in [-0.39, 0.29) is 35.5 Å². The predicted octanol–water partition coefficient (Wildman–Crippen LogP) is 0.825. The molecule has 0 aromatic carbocycles. The van der Waals surface area contributed by atoms with Gasteiger partial charge in [0.1, 0.15) is 0 Å². The maximum Gasteiger partial charge on any atom is 0.233 e. The molecule has 6 heteroatoms. The van der Waals surface area contributed by atoms with E-state index in [1.54, 1.807) is 0 Å². The highest BCUT2D eigenvalue weighted by Gasteiger charge is 2.68. The van der Waals surface area contributed by atoms with Crippen LogP contribution in [0.3, 0.4) is 0 Å². The summed E-state index contributed by atoms with van der Waals surface area (Å²) in [5, 5.41) is 0. The molecule has 5 aliphatic rings. The summed E-state index contributed by atoms with van der Waals surface area (Å²) in [4.78, 5) is 53.8. The van der Waals surface area contributed by atoms with Crippen molar-refractivity contribution in [2.75, 3.05) is 13.1 Å². The average molecular weight is 330 g/mol. The van der Waals surface area contributed by atoms with E-state index in [9.17, 15) is 19.2 Å². The average Bonchev–Trinajstić information content (AvgIpc) is 2.99. The van der Waals surface area contributed by atoms with Crippen molar-refractivity contribution in [3.63, 3.8) is 0 Å². The van der Waals surface area contributed by atoms with Crippen LogP contribution in [0.15, 0.2) is 12.2 Å². The molecule has 0 spiro atoms. The lowest BCUT2D eigenvalue weighted by molar-refractivity contribution is -0.140. The second-order valence-electron chi connectivity index (χ2n) is 7.30. The summed E-state index contributed by atoms with van der Waals surface area (Å²) in [7, 11) is 0. The van der Waals surface area contributed by atoms with Crippen molar-refractivity contribution in [2.24, 2.45) is 35.5 Å². The summed E-state index contributed by atoms with van der Waals surface area (Å²) in [6.07, 6.45) is 5.26. The first kappa shape index (κ1) is 15.5. The van der Waals surface area contributed by atoms with Gasteiger partial charge in [0.15, 0.2) is 0 Å². The number of likely N-dealkylation sites (tertiary alicyclic amines) is 2. The molecule has 2 heterocycles. The molecule has 3 aliphatic carbocycles. The third kappa shape index (κ3) is 1.71. The van der Waals surface area contributed by atoms with Crippen LogP contribution in [0.1, 0.15) is 26.7 Å². The van der Waals surface area contributed by atoms with Crippen molar-refractivity contribution in [3.05, 3.63) is 12.2 Å². The fourth-order valence-electron chi connectivity index (χ4n) is 5.24. The summed E-state index contributed by atoms with van der Waals surface area (Å²) < 4.78 is 0. The van der Waals surface area contributed by atoms with Crippen LogP contribution in [0.25, 0.3) is 0 Å². The first-order chi connectivity index (χ1) is 11.5. The van der Waals surface area contributed by atoms with E-state index in [0.29, 0.717) is 25.9 Å². The molecule has 2 saturated heterocycles.